The van der Waals surface area contributed by atoms with Crippen molar-refractivity contribution < 1.29 is 9.84 Å². The minimum atomic E-state index is -0.574. The number of ether oxygens (including phenoxy) is 1. The first-order chi connectivity index (χ1) is 7.77. The number of aliphatic hydroxyl groups is 1. The Labute approximate surface area is 97.3 Å². The molecular weight excluding hydrogens is 200 g/mol. The molecule has 1 atom stereocenters. The molecule has 0 radical (unpaired) electrons. The topological polar surface area (TPSA) is 29.5 Å². The van der Waals surface area contributed by atoms with Gasteiger partial charge in [0.1, 0.15) is 5.75 Å². The number of hydrogen-bond donors (Lipinski definition) is 1. The Kier molecular flexibility index (Phi) is 5.45. The van der Waals surface area contributed by atoms with Crippen LogP contribution in [0.5, 0.6) is 5.75 Å². The lowest BCUT2D eigenvalue weighted by Crippen LogP contribution is -1.98. The fraction of sp³-hybridized carbons (Fsp3) is 0.429. The standard InChI is InChI=1S/C14H18O2/c1-3-5-11-16-13-9-7-12(8-10-13)14(15)6-4-2/h2,7-10,14-15H,3,5-6,11H2,1H3. The van der Waals surface area contributed by atoms with Gasteiger partial charge in [-0.25, -0.2) is 0 Å². The summed E-state index contributed by atoms with van der Waals surface area (Å²) in [5.41, 5.74) is 0.834. The number of terminal acetylenes is 1. The van der Waals surface area contributed by atoms with Gasteiger partial charge in [-0.15, -0.1) is 12.3 Å². The van der Waals surface area contributed by atoms with E-state index in [0.717, 1.165) is 30.8 Å². The van der Waals surface area contributed by atoms with E-state index in [0.29, 0.717) is 6.42 Å². The third-order valence-corrected chi connectivity index (χ3v) is 2.34. The summed E-state index contributed by atoms with van der Waals surface area (Å²) in [4.78, 5) is 0. The monoisotopic (exact) mass is 218 g/mol. The van der Waals surface area contributed by atoms with Gasteiger partial charge < -0.3 is 9.84 Å². The summed E-state index contributed by atoms with van der Waals surface area (Å²) >= 11 is 0. The molecule has 1 aromatic carbocycles. The number of benzene rings is 1. The van der Waals surface area contributed by atoms with Crippen LogP contribution in [0.3, 0.4) is 0 Å². The Bertz CT molecular complexity index is 335. The summed E-state index contributed by atoms with van der Waals surface area (Å²) in [6.07, 6.45) is 7.09. The van der Waals surface area contributed by atoms with Gasteiger partial charge in [0.05, 0.1) is 12.7 Å². The molecule has 2 heteroatoms. The van der Waals surface area contributed by atoms with Crippen molar-refractivity contribution in [3.63, 3.8) is 0 Å². The maximum atomic E-state index is 9.64. The van der Waals surface area contributed by atoms with E-state index in [1.807, 2.05) is 24.3 Å². The van der Waals surface area contributed by atoms with Gasteiger partial charge in [-0.05, 0) is 24.1 Å². The molecule has 0 saturated carbocycles. The molecule has 1 aromatic rings. The average Bonchev–Trinajstić information content (AvgIpc) is 2.30. The van der Waals surface area contributed by atoms with Gasteiger partial charge in [0.25, 0.3) is 0 Å². The summed E-state index contributed by atoms with van der Waals surface area (Å²) in [6, 6.07) is 7.43. The van der Waals surface area contributed by atoms with Crippen LogP contribution in [-0.4, -0.2) is 11.7 Å². The molecule has 0 fully saturated rings. The van der Waals surface area contributed by atoms with Crippen molar-refractivity contribution in [3.05, 3.63) is 29.8 Å². The number of unbranched alkanes of at least 4 members (excludes halogenated alkanes) is 1. The zero-order chi connectivity index (χ0) is 11.8. The molecule has 0 bridgehead atoms. The van der Waals surface area contributed by atoms with Crippen LogP contribution in [0.25, 0.3) is 0 Å². The van der Waals surface area contributed by atoms with Crippen molar-refractivity contribution in [2.45, 2.75) is 32.3 Å². The van der Waals surface area contributed by atoms with Crippen molar-refractivity contribution >= 4 is 0 Å². The van der Waals surface area contributed by atoms with Crippen LogP contribution in [0, 0.1) is 12.3 Å². The molecule has 2 nitrogen and oxygen atoms in total. The van der Waals surface area contributed by atoms with Crippen LogP contribution in [0.15, 0.2) is 24.3 Å². The highest BCUT2D eigenvalue weighted by Gasteiger charge is 2.05. The summed E-state index contributed by atoms with van der Waals surface area (Å²) in [6.45, 7) is 2.87. The molecule has 0 saturated heterocycles. The minimum Gasteiger partial charge on any atom is -0.494 e. The van der Waals surface area contributed by atoms with Gasteiger partial charge in [-0.1, -0.05) is 25.5 Å². The third-order valence-electron chi connectivity index (χ3n) is 2.34. The molecule has 0 aromatic heterocycles. The first kappa shape index (κ1) is 12.6. The van der Waals surface area contributed by atoms with Crippen molar-refractivity contribution in [1.82, 2.24) is 0 Å². The average molecular weight is 218 g/mol. The van der Waals surface area contributed by atoms with E-state index in [4.69, 9.17) is 11.2 Å². The lowest BCUT2D eigenvalue weighted by Gasteiger charge is -2.09. The maximum Gasteiger partial charge on any atom is 0.119 e. The fourth-order valence-corrected chi connectivity index (χ4v) is 1.35. The molecule has 0 amide bonds. The highest BCUT2D eigenvalue weighted by molar-refractivity contribution is 5.28. The number of aliphatic hydroxyl groups excluding tert-OH is 1. The van der Waals surface area contributed by atoms with Crippen molar-refractivity contribution in [3.8, 4) is 18.1 Å². The molecule has 0 heterocycles. The Morgan fingerprint density at radius 3 is 2.62 bits per heavy atom. The van der Waals surface area contributed by atoms with Crippen molar-refractivity contribution in [1.29, 1.82) is 0 Å². The molecule has 0 aliphatic heterocycles. The third kappa shape index (κ3) is 3.96. The molecule has 16 heavy (non-hydrogen) atoms. The van der Waals surface area contributed by atoms with Gasteiger partial charge >= 0.3 is 0 Å². The van der Waals surface area contributed by atoms with Gasteiger partial charge in [0.2, 0.25) is 0 Å². The molecule has 86 valence electrons. The Balaban J connectivity index is 2.51. The Morgan fingerprint density at radius 1 is 1.38 bits per heavy atom. The predicted molar refractivity (Wildman–Crippen MR) is 65.3 cm³/mol. The van der Waals surface area contributed by atoms with E-state index in [-0.39, 0.29) is 0 Å². The number of hydrogen-bond acceptors (Lipinski definition) is 2. The van der Waals surface area contributed by atoms with E-state index in [1.54, 1.807) is 0 Å². The summed E-state index contributed by atoms with van der Waals surface area (Å²) in [5.74, 6) is 3.28. The molecule has 1 N–H and O–H groups in total. The second-order valence-corrected chi connectivity index (χ2v) is 3.70. The second kappa shape index (κ2) is 6.92. The largest absolute Gasteiger partial charge is 0.494 e. The van der Waals surface area contributed by atoms with Crippen LogP contribution < -0.4 is 4.74 Å². The summed E-state index contributed by atoms with van der Waals surface area (Å²) in [5, 5.41) is 9.64. The molecule has 1 unspecified atom stereocenters. The van der Waals surface area contributed by atoms with Crippen LogP contribution >= 0.6 is 0 Å². The van der Waals surface area contributed by atoms with Gasteiger partial charge in [0.15, 0.2) is 0 Å². The second-order valence-electron chi connectivity index (χ2n) is 3.70. The quantitative estimate of drug-likeness (QED) is 0.587. The van der Waals surface area contributed by atoms with E-state index in [9.17, 15) is 5.11 Å². The van der Waals surface area contributed by atoms with Crippen LogP contribution in [0.1, 0.15) is 37.9 Å². The van der Waals surface area contributed by atoms with Crippen LogP contribution in [0.4, 0.5) is 0 Å². The first-order valence-electron chi connectivity index (χ1n) is 5.62. The molecule has 0 aliphatic carbocycles. The van der Waals surface area contributed by atoms with E-state index in [2.05, 4.69) is 12.8 Å². The highest BCUT2D eigenvalue weighted by atomic mass is 16.5. The minimum absolute atomic E-state index is 0.343. The molecule has 0 aliphatic rings. The molecule has 0 spiro atoms. The highest BCUT2D eigenvalue weighted by Crippen LogP contribution is 2.19. The zero-order valence-corrected chi connectivity index (χ0v) is 9.65. The van der Waals surface area contributed by atoms with Crippen LogP contribution in [-0.2, 0) is 0 Å². The Morgan fingerprint density at radius 2 is 2.06 bits per heavy atom. The Hall–Kier alpha value is -1.46. The van der Waals surface area contributed by atoms with E-state index in [1.165, 1.54) is 0 Å². The molecular formula is C14H18O2. The number of rotatable bonds is 6. The lowest BCUT2D eigenvalue weighted by molar-refractivity contribution is 0.184. The smallest absolute Gasteiger partial charge is 0.119 e. The normalized spacial score (nSPS) is 11.8. The van der Waals surface area contributed by atoms with Gasteiger partial charge in [-0.2, -0.15) is 0 Å². The van der Waals surface area contributed by atoms with E-state index < -0.39 is 6.10 Å². The van der Waals surface area contributed by atoms with Crippen molar-refractivity contribution in [2.75, 3.05) is 6.61 Å². The predicted octanol–water partition coefficient (Wildman–Crippen LogP) is 2.92. The van der Waals surface area contributed by atoms with E-state index >= 15 is 0 Å². The maximum absolute atomic E-state index is 9.64. The molecule has 1 rings (SSSR count). The van der Waals surface area contributed by atoms with Gasteiger partial charge in [0, 0.05) is 6.42 Å². The summed E-state index contributed by atoms with van der Waals surface area (Å²) in [7, 11) is 0. The lowest BCUT2D eigenvalue weighted by atomic mass is 10.1. The fourth-order valence-electron chi connectivity index (χ4n) is 1.35. The van der Waals surface area contributed by atoms with Crippen molar-refractivity contribution in [2.24, 2.45) is 0 Å². The first-order valence-corrected chi connectivity index (χ1v) is 5.62. The summed E-state index contributed by atoms with van der Waals surface area (Å²) < 4.78 is 5.52. The van der Waals surface area contributed by atoms with Crippen LogP contribution in [0.2, 0.25) is 0 Å². The van der Waals surface area contributed by atoms with Gasteiger partial charge in [-0.3, -0.25) is 0 Å². The zero-order valence-electron chi connectivity index (χ0n) is 9.65. The SMILES string of the molecule is C#CCC(O)c1ccc(OCCCC)cc1.